The van der Waals surface area contributed by atoms with E-state index in [0.29, 0.717) is 0 Å². The number of nitrogens with one attached hydrogen (secondary N) is 1. The van der Waals surface area contributed by atoms with E-state index in [0.717, 1.165) is 29.7 Å². The van der Waals surface area contributed by atoms with Crippen LogP contribution in [0.5, 0.6) is 0 Å². The molecule has 1 saturated carbocycles. The van der Waals surface area contributed by atoms with Crippen LogP contribution in [0.3, 0.4) is 0 Å². The standard InChI is InChI=1S/C30H30NOP/c1-23-13-12-14-24(2)28(23)31-29(32)30(21-22-30)33(25-15-6-3-7-16-25,26-17-8-4-9-18-26)27-19-10-5-11-20-27/h3-20,33H,21-22H2,1-2H3,(H,31,32). The fourth-order valence-corrected chi connectivity index (χ4v) is 11.5. The summed E-state index contributed by atoms with van der Waals surface area (Å²) < 4.78 is 0. The molecule has 5 rings (SSSR count). The maximum atomic E-state index is 14.3. The average Bonchev–Trinajstić information content (AvgIpc) is 3.66. The number of rotatable bonds is 6. The van der Waals surface area contributed by atoms with Gasteiger partial charge in [-0.1, -0.05) is 0 Å². The average molecular weight is 452 g/mol. The fraction of sp³-hybridized carbons (Fsp3) is 0.167. The van der Waals surface area contributed by atoms with Crippen molar-refractivity contribution in [2.75, 3.05) is 5.32 Å². The van der Waals surface area contributed by atoms with Crippen LogP contribution in [-0.2, 0) is 4.79 Å². The van der Waals surface area contributed by atoms with Gasteiger partial charge in [-0.3, -0.25) is 0 Å². The summed E-state index contributed by atoms with van der Waals surface area (Å²) in [6.07, 6.45) is 1.79. The second kappa shape index (κ2) is 8.61. The van der Waals surface area contributed by atoms with Crippen LogP contribution in [-0.4, -0.2) is 11.1 Å². The molecule has 1 amide bonds. The minimum absolute atomic E-state index is 0.156. The first-order chi connectivity index (χ1) is 16.1. The summed E-state index contributed by atoms with van der Waals surface area (Å²) in [5.41, 5.74) is 3.15. The van der Waals surface area contributed by atoms with Gasteiger partial charge in [0, 0.05) is 0 Å². The molecule has 1 N–H and O–H groups in total. The van der Waals surface area contributed by atoms with Gasteiger partial charge in [-0.05, 0) is 0 Å². The Kier molecular flexibility index (Phi) is 5.64. The van der Waals surface area contributed by atoms with Crippen molar-refractivity contribution >= 4 is 34.8 Å². The van der Waals surface area contributed by atoms with E-state index in [1.54, 1.807) is 0 Å². The molecule has 1 aliphatic rings. The van der Waals surface area contributed by atoms with Gasteiger partial charge in [-0.2, -0.15) is 0 Å². The van der Waals surface area contributed by atoms with Crippen molar-refractivity contribution < 1.29 is 4.79 Å². The second-order valence-electron chi connectivity index (χ2n) is 9.15. The number of aryl methyl sites for hydroxylation is 2. The molecule has 0 heterocycles. The summed E-state index contributed by atoms with van der Waals surface area (Å²) in [6, 6.07) is 38.5. The third-order valence-corrected chi connectivity index (χ3v) is 13.0. The summed E-state index contributed by atoms with van der Waals surface area (Å²) in [5, 5.41) is 6.82. The summed E-state index contributed by atoms with van der Waals surface area (Å²) >= 11 is 0. The number of hydrogen-bond acceptors (Lipinski definition) is 1. The van der Waals surface area contributed by atoms with E-state index in [1.165, 1.54) is 15.9 Å². The van der Waals surface area contributed by atoms with E-state index >= 15 is 0 Å². The number of carbonyl (C=O) groups is 1. The van der Waals surface area contributed by atoms with Gasteiger partial charge >= 0.3 is 197 Å². The van der Waals surface area contributed by atoms with E-state index in [9.17, 15) is 4.79 Å². The maximum absolute atomic E-state index is 14.3. The molecule has 1 aliphatic carbocycles. The van der Waals surface area contributed by atoms with E-state index in [4.69, 9.17) is 0 Å². The molecule has 0 aliphatic heterocycles. The van der Waals surface area contributed by atoms with Crippen LogP contribution in [0.15, 0.2) is 109 Å². The summed E-state index contributed by atoms with van der Waals surface area (Å²) in [6.45, 7) is 4.14. The summed E-state index contributed by atoms with van der Waals surface area (Å²) in [5.74, 6) is 0.156. The van der Waals surface area contributed by atoms with Crippen molar-refractivity contribution in [3.8, 4) is 0 Å². The molecule has 0 radical (unpaired) electrons. The van der Waals surface area contributed by atoms with Crippen LogP contribution in [0.1, 0.15) is 24.0 Å². The summed E-state index contributed by atoms with van der Waals surface area (Å²) in [4.78, 5) is 14.3. The first kappa shape index (κ1) is 21.6. The van der Waals surface area contributed by atoms with Crippen molar-refractivity contribution in [3.05, 3.63) is 120 Å². The third kappa shape index (κ3) is 3.50. The molecule has 0 aromatic heterocycles. The summed E-state index contributed by atoms with van der Waals surface area (Å²) in [7, 11) is -2.70. The number of hydrogen-bond donors (Lipinski definition) is 1. The predicted octanol–water partition coefficient (Wildman–Crippen LogP) is 5.50. The van der Waals surface area contributed by atoms with Crippen molar-refractivity contribution in [2.45, 2.75) is 31.8 Å². The zero-order valence-electron chi connectivity index (χ0n) is 19.2. The molecule has 0 unspecified atom stereocenters. The van der Waals surface area contributed by atoms with Crippen LogP contribution >= 0.6 is 7.26 Å². The molecular weight excluding hydrogens is 421 g/mol. The number of amides is 1. The molecule has 4 aromatic carbocycles. The van der Waals surface area contributed by atoms with Crippen LogP contribution in [0.2, 0.25) is 0 Å². The molecule has 4 aromatic rings. The minimum atomic E-state index is -2.70. The zero-order valence-corrected chi connectivity index (χ0v) is 20.2. The second-order valence-corrected chi connectivity index (χ2v) is 13.3. The van der Waals surface area contributed by atoms with Gasteiger partial charge in [0.25, 0.3) is 0 Å². The Morgan fingerprint density at radius 3 is 1.39 bits per heavy atom. The van der Waals surface area contributed by atoms with Gasteiger partial charge in [-0.15, -0.1) is 0 Å². The Bertz CT molecular complexity index is 1150. The van der Waals surface area contributed by atoms with Crippen molar-refractivity contribution in [1.82, 2.24) is 0 Å². The third-order valence-electron chi connectivity index (χ3n) is 7.24. The monoisotopic (exact) mass is 451 g/mol. The first-order valence-electron chi connectivity index (χ1n) is 11.6. The van der Waals surface area contributed by atoms with Gasteiger partial charge in [0.2, 0.25) is 0 Å². The van der Waals surface area contributed by atoms with E-state index in [2.05, 4.69) is 122 Å². The van der Waals surface area contributed by atoms with Gasteiger partial charge in [-0.25, -0.2) is 0 Å². The number of anilines is 1. The Balaban J connectivity index is 1.75. The Hall–Kier alpha value is -3.22. The molecule has 0 atom stereocenters. The molecule has 1 fully saturated rings. The Morgan fingerprint density at radius 2 is 1.03 bits per heavy atom. The Labute approximate surface area is 197 Å². The molecule has 33 heavy (non-hydrogen) atoms. The zero-order chi connectivity index (χ0) is 22.9. The van der Waals surface area contributed by atoms with Gasteiger partial charge in [0.05, 0.1) is 0 Å². The quantitative estimate of drug-likeness (QED) is 0.385. The molecular formula is C30H30NOP. The molecule has 0 bridgehead atoms. The molecule has 166 valence electrons. The van der Waals surface area contributed by atoms with Crippen molar-refractivity contribution in [3.63, 3.8) is 0 Å². The van der Waals surface area contributed by atoms with Gasteiger partial charge in [0.15, 0.2) is 0 Å². The predicted molar refractivity (Wildman–Crippen MR) is 143 cm³/mol. The normalized spacial score (nSPS) is 15.0. The topological polar surface area (TPSA) is 29.1 Å². The Morgan fingerprint density at radius 1 is 0.636 bits per heavy atom. The van der Waals surface area contributed by atoms with Crippen LogP contribution in [0, 0.1) is 13.8 Å². The van der Waals surface area contributed by atoms with Crippen molar-refractivity contribution in [2.24, 2.45) is 0 Å². The van der Waals surface area contributed by atoms with Crippen LogP contribution < -0.4 is 21.2 Å². The van der Waals surface area contributed by atoms with Gasteiger partial charge < -0.3 is 0 Å². The number of para-hydroxylation sites is 1. The number of carbonyl (C=O) groups excluding carboxylic acids is 1. The van der Waals surface area contributed by atoms with Crippen LogP contribution in [0.4, 0.5) is 5.69 Å². The van der Waals surface area contributed by atoms with Gasteiger partial charge in [0.1, 0.15) is 0 Å². The van der Waals surface area contributed by atoms with Crippen LogP contribution in [0.25, 0.3) is 0 Å². The van der Waals surface area contributed by atoms with Crippen molar-refractivity contribution in [1.29, 1.82) is 0 Å². The first-order valence-corrected chi connectivity index (χ1v) is 13.6. The van der Waals surface area contributed by atoms with E-state index in [1.807, 2.05) is 6.07 Å². The van der Waals surface area contributed by atoms with E-state index in [-0.39, 0.29) is 5.91 Å². The van der Waals surface area contributed by atoms with E-state index < -0.39 is 12.4 Å². The SMILES string of the molecule is Cc1cccc(C)c1NC(=O)C1([PH](c2ccccc2)(c2ccccc2)c2ccccc2)CC1. The molecule has 3 heteroatoms. The molecule has 2 nitrogen and oxygen atoms in total. The fourth-order valence-electron chi connectivity index (χ4n) is 5.54. The number of benzene rings is 4. The molecule has 0 saturated heterocycles. The molecule has 0 spiro atoms.